The second-order valence-corrected chi connectivity index (χ2v) is 4.29. The van der Waals surface area contributed by atoms with E-state index in [1.165, 1.54) is 0 Å². The molecular weight excluding hydrogens is 230 g/mol. The van der Waals surface area contributed by atoms with Gasteiger partial charge in [0.25, 0.3) is 0 Å². The summed E-state index contributed by atoms with van der Waals surface area (Å²) in [6.07, 6.45) is 0.777. The molecule has 0 fully saturated rings. The zero-order valence-corrected chi connectivity index (χ0v) is 11.4. The highest BCUT2D eigenvalue weighted by Crippen LogP contribution is 2.08. The number of nitrogens with one attached hydrogen (secondary N) is 1. The standard InChI is InChI=1S/C12H23N5O/c1-4-11-15-10(13)9-12(16-11)14-5-7-18-8-6-17(2)3/h9H,4-8H2,1-3H3,(H3,13,14,15,16). The lowest BCUT2D eigenvalue weighted by Gasteiger charge is -2.11. The molecule has 0 unspecified atom stereocenters. The highest BCUT2D eigenvalue weighted by Gasteiger charge is 2.00. The van der Waals surface area contributed by atoms with Crippen LogP contribution >= 0.6 is 0 Å². The maximum Gasteiger partial charge on any atom is 0.132 e. The Balaban J connectivity index is 2.24. The first kappa shape index (κ1) is 14.7. The Hall–Kier alpha value is -1.40. The first-order valence-corrected chi connectivity index (χ1v) is 6.21. The third-order valence-corrected chi connectivity index (χ3v) is 2.34. The van der Waals surface area contributed by atoms with Gasteiger partial charge in [0.2, 0.25) is 0 Å². The number of nitrogens with zero attached hydrogens (tertiary/aromatic N) is 3. The van der Waals surface area contributed by atoms with Gasteiger partial charge in [-0.3, -0.25) is 0 Å². The first-order chi connectivity index (χ1) is 8.61. The van der Waals surface area contributed by atoms with Crippen LogP contribution in [0.1, 0.15) is 12.7 Å². The molecule has 0 aliphatic carbocycles. The minimum Gasteiger partial charge on any atom is -0.384 e. The van der Waals surface area contributed by atoms with Gasteiger partial charge in [-0.05, 0) is 14.1 Å². The minimum atomic E-state index is 0.498. The summed E-state index contributed by atoms with van der Waals surface area (Å²) in [6, 6.07) is 1.74. The SMILES string of the molecule is CCc1nc(N)cc(NCCOCCN(C)C)n1. The number of nitrogen functional groups attached to an aromatic ring is 1. The first-order valence-electron chi connectivity index (χ1n) is 6.21. The maximum absolute atomic E-state index is 5.69. The molecule has 0 radical (unpaired) electrons. The summed E-state index contributed by atoms with van der Waals surface area (Å²) in [4.78, 5) is 10.5. The minimum absolute atomic E-state index is 0.498. The van der Waals surface area contributed by atoms with Crippen molar-refractivity contribution < 1.29 is 4.74 Å². The predicted octanol–water partition coefficient (Wildman–Crippen LogP) is 0.611. The van der Waals surface area contributed by atoms with E-state index in [1.54, 1.807) is 6.07 Å². The smallest absolute Gasteiger partial charge is 0.132 e. The van der Waals surface area contributed by atoms with Crippen LogP contribution in [-0.4, -0.2) is 55.3 Å². The van der Waals surface area contributed by atoms with Gasteiger partial charge in [0, 0.05) is 25.6 Å². The van der Waals surface area contributed by atoms with Gasteiger partial charge in [-0.15, -0.1) is 0 Å². The molecule has 0 bridgehead atoms. The van der Waals surface area contributed by atoms with Crippen LogP contribution in [0.5, 0.6) is 0 Å². The van der Waals surface area contributed by atoms with E-state index in [0.29, 0.717) is 19.0 Å². The number of aromatic nitrogens is 2. The molecule has 0 amide bonds. The van der Waals surface area contributed by atoms with Crippen molar-refractivity contribution in [2.45, 2.75) is 13.3 Å². The van der Waals surface area contributed by atoms with Crippen molar-refractivity contribution in [2.24, 2.45) is 0 Å². The molecule has 0 spiro atoms. The molecule has 18 heavy (non-hydrogen) atoms. The van der Waals surface area contributed by atoms with Crippen molar-refractivity contribution in [2.75, 3.05) is 51.4 Å². The van der Waals surface area contributed by atoms with Gasteiger partial charge in [-0.1, -0.05) is 6.92 Å². The highest BCUT2D eigenvalue weighted by atomic mass is 16.5. The molecule has 6 heteroatoms. The molecule has 1 rings (SSSR count). The van der Waals surface area contributed by atoms with Crippen molar-refractivity contribution >= 4 is 11.6 Å². The largest absolute Gasteiger partial charge is 0.384 e. The van der Waals surface area contributed by atoms with Crippen LogP contribution in [0.25, 0.3) is 0 Å². The van der Waals surface area contributed by atoms with Crippen molar-refractivity contribution in [3.05, 3.63) is 11.9 Å². The summed E-state index contributed by atoms with van der Waals surface area (Å²) in [5, 5.41) is 3.18. The Labute approximate surface area is 109 Å². The molecule has 0 atom stereocenters. The van der Waals surface area contributed by atoms with E-state index in [2.05, 4.69) is 20.2 Å². The van der Waals surface area contributed by atoms with E-state index < -0.39 is 0 Å². The Morgan fingerprint density at radius 2 is 2.11 bits per heavy atom. The number of rotatable bonds is 8. The van der Waals surface area contributed by atoms with E-state index in [1.807, 2.05) is 21.0 Å². The van der Waals surface area contributed by atoms with Crippen LogP contribution in [0.4, 0.5) is 11.6 Å². The van der Waals surface area contributed by atoms with E-state index in [4.69, 9.17) is 10.5 Å². The summed E-state index contributed by atoms with van der Waals surface area (Å²) >= 11 is 0. The average molecular weight is 253 g/mol. The molecule has 1 aromatic rings. The van der Waals surface area contributed by atoms with Gasteiger partial charge >= 0.3 is 0 Å². The molecule has 0 saturated carbocycles. The fourth-order valence-corrected chi connectivity index (χ4v) is 1.37. The number of likely N-dealkylation sites (N-methyl/N-ethyl adjacent to an activating group) is 1. The number of ether oxygens (including phenoxy) is 1. The summed E-state index contributed by atoms with van der Waals surface area (Å²) in [7, 11) is 4.05. The maximum atomic E-state index is 5.69. The lowest BCUT2D eigenvalue weighted by molar-refractivity contribution is 0.126. The molecule has 0 aliphatic heterocycles. The fraction of sp³-hybridized carbons (Fsp3) is 0.667. The number of aryl methyl sites for hydroxylation is 1. The predicted molar refractivity (Wildman–Crippen MR) is 73.7 cm³/mol. The van der Waals surface area contributed by atoms with Gasteiger partial charge in [-0.2, -0.15) is 0 Å². The van der Waals surface area contributed by atoms with Crippen LogP contribution < -0.4 is 11.1 Å². The van der Waals surface area contributed by atoms with Crippen LogP contribution in [0.2, 0.25) is 0 Å². The van der Waals surface area contributed by atoms with E-state index >= 15 is 0 Å². The Bertz CT molecular complexity index is 356. The molecule has 0 aliphatic rings. The second kappa shape index (κ2) is 7.84. The monoisotopic (exact) mass is 253 g/mol. The summed E-state index contributed by atoms with van der Waals surface area (Å²) in [5.41, 5.74) is 5.69. The van der Waals surface area contributed by atoms with Gasteiger partial charge in [-0.25, -0.2) is 9.97 Å². The lowest BCUT2D eigenvalue weighted by atomic mass is 10.4. The molecule has 3 N–H and O–H groups in total. The van der Waals surface area contributed by atoms with Gasteiger partial charge in [0.15, 0.2) is 0 Å². The zero-order chi connectivity index (χ0) is 13.4. The van der Waals surface area contributed by atoms with Crippen molar-refractivity contribution in [3.8, 4) is 0 Å². The Morgan fingerprint density at radius 3 is 2.78 bits per heavy atom. The highest BCUT2D eigenvalue weighted by molar-refractivity contribution is 5.44. The van der Waals surface area contributed by atoms with Crippen LogP contribution in [0.15, 0.2) is 6.07 Å². The third kappa shape index (κ3) is 5.79. The summed E-state index contributed by atoms with van der Waals surface area (Å²) in [5.74, 6) is 2.01. The Morgan fingerprint density at radius 1 is 1.33 bits per heavy atom. The van der Waals surface area contributed by atoms with Gasteiger partial charge < -0.3 is 20.7 Å². The van der Waals surface area contributed by atoms with Crippen molar-refractivity contribution in [1.82, 2.24) is 14.9 Å². The number of anilines is 2. The van der Waals surface area contributed by atoms with Crippen LogP contribution in [-0.2, 0) is 11.2 Å². The van der Waals surface area contributed by atoms with Crippen LogP contribution in [0.3, 0.4) is 0 Å². The summed E-state index contributed by atoms with van der Waals surface area (Å²) in [6.45, 7) is 5.04. The molecule has 0 aromatic carbocycles. The fourth-order valence-electron chi connectivity index (χ4n) is 1.37. The van der Waals surface area contributed by atoms with E-state index in [-0.39, 0.29) is 0 Å². The molecule has 102 valence electrons. The quantitative estimate of drug-likeness (QED) is 0.661. The molecule has 1 heterocycles. The normalized spacial score (nSPS) is 10.9. The van der Waals surface area contributed by atoms with Crippen molar-refractivity contribution in [3.63, 3.8) is 0 Å². The Kier molecular flexibility index (Phi) is 6.38. The average Bonchev–Trinajstić information content (AvgIpc) is 2.32. The van der Waals surface area contributed by atoms with Crippen LogP contribution in [0, 0.1) is 0 Å². The molecule has 1 aromatic heterocycles. The number of hydrogen-bond donors (Lipinski definition) is 2. The second-order valence-electron chi connectivity index (χ2n) is 4.29. The zero-order valence-electron chi connectivity index (χ0n) is 11.4. The number of nitrogens with two attached hydrogens (primary N) is 1. The summed E-state index contributed by atoms with van der Waals surface area (Å²) < 4.78 is 5.47. The van der Waals surface area contributed by atoms with E-state index in [9.17, 15) is 0 Å². The van der Waals surface area contributed by atoms with E-state index in [0.717, 1.165) is 31.2 Å². The third-order valence-electron chi connectivity index (χ3n) is 2.34. The van der Waals surface area contributed by atoms with Crippen molar-refractivity contribution in [1.29, 1.82) is 0 Å². The van der Waals surface area contributed by atoms with Gasteiger partial charge in [0.1, 0.15) is 17.5 Å². The molecule has 0 saturated heterocycles. The lowest BCUT2D eigenvalue weighted by Crippen LogP contribution is -2.20. The topological polar surface area (TPSA) is 76.3 Å². The molecular formula is C12H23N5O. The van der Waals surface area contributed by atoms with Gasteiger partial charge in [0.05, 0.1) is 13.2 Å². The number of hydrogen-bond acceptors (Lipinski definition) is 6. The molecule has 6 nitrogen and oxygen atoms in total.